The van der Waals surface area contributed by atoms with Gasteiger partial charge in [-0.1, -0.05) is 25.4 Å². The molecule has 0 aliphatic heterocycles. The minimum atomic E-state index is -0.154. The molecule has 0 saturated carbocycles. The Hall–Kier alpha value is -1.48. The zero-order valence-corrected chi connectivity index (χ0v) is 12.2. The van der Waals surface area contributed by atoms with Crippen LogP contribution in [0.1, 0.15) is 42.8 Å². The molecule has 102 valence electrons. The van der Waals surface area contributed by atoms with Gasteiger partial charge in [0.05, 0.1) is 0 Å². The Morgan fingerprint density at radius 1 is 1.37 bits per heavy atom. The lowest BCUT2D eigenvalue weighted by molar-refractivity contribution is 0.0908. The second kappa shape index (κ2) is 5.66. The molecule has 19 heavy (non-hydrogen) atoms. The molecule has 0 fully saturated rings. The highest BCUT2D eigenvalue weighted by atomic mass is 35.5. The third-order valence-electron chi connectivity index (χ3n) is 3.43. The molecule has 0 spiro atoms. The quantitative estimate of drug-likeness (QED) is 0.906. The van der Waals surface area contributed by atoms with E-state index in [-0.39, 0.29) is 11.9 Å². The second-order valence-electron chi connectivity index (χ2n) is 4.68. The molecular formula is C15H18ClNO2. The van der Waals surface area contributed by atoms with Crippen molar-refractivity contribution in [1.82, 2.24) is 5.32 Å². The van der Waals surface area contributed by atoms with Gasteiger partial charge in [0.1, 0.15) is 5.58 Å². The van der Waals surface area contributed by atoms with Gasteiger partial charge in [0.15, 0.2) is 5.76 Å². The monoisotopic (exact) mass is 279 g/mol. The van der Waals surface area contributed by atoms with Crippen molar-refractivity contribution in [3.63, 3.8) is 0 Å². The number of rotatable bonds is 4. The van der Waals surface area contributed by atoms with Crippen molar-refractivity contribution in [2.45, 2.75) is 39.7 Å². The molecule has 0 saturated heterocycles. The molecule has 1 N–H and O–H groups in total. The maximum atomic E-state index is 12.2. The van der Waals surface area contributed by atoms with Gasteiger partial charge in [-0.15, -0.1) is 0 Å². The Labute approximate surface area is 117 Å². The molecule has 0 radical (unpaired) electrons. The normalized spacial score (nSPS) is 11.2. The van der Waals surface area contributed by atoms with Crippen LogP contribution in [0.4, 0.5) is 0 Å². The average Bonchev–Trinajstić information content (AvgIpc) is 2.73. The van der Waals surface area contributed by atoms with Crippen LogP contribution < -0.4 is 5.32 Å². The van der Waals surface area contributed by atoms with Gasteiger partial charge in [0.2, 0.25) is 0 Å². The fourth-order valence-corrected chi connectivity index (χ4v) is 2.33. The van der Waals surface area contributed by atoms with Gasteiger partial charge in [-0.05, 0) is 38.0 Å². The lowest BCUT2D eigenvalue weighted by Crippen LogP contribution is -2.33. The molecule has 1 aromatic heterocycles. The number of benzene rings is 1. The molecule has 2 rings (SSSR count). The molecule has 1 aromatic carbocycles. The van der Waals surface area contributed by atoms with Gasteiger partial charge in [-0.3, -0.25) is 4.79 Å². The van der Waals surface area contributed by atoms with Crippen molar-refractivity contribution in [1.29, 1.82) is 0 Å². The van der Waals surface area contributed by atoms with E-state index in [4.69, 9.17) is 16.0 Å². The van der Waals surface area contributed by atoms with E-state index in [1.807, 2.05) is 13.0 Å². The average molecular weight is 280 g/mol. The summed E-state index contributed by atoms with van der Waals surface area (Å²) >= 11 is 5.97. The van der Waals surface area contributed by atoms with Crippen LogP contribution in [0, 0.1) is 6.92 Å². The Morgan fingerprint density at radius 2 is 2.05 bits per heavy atom. The summed E-state index contributed by atoms with van der Waals surface area (Å²) in [5, 5.41) is 4.52. The number of furan rings is 1. The molecule has 0 aliphatic rings. The predicted octanol–water partition coefficient (Wildman–Crippen LogP) is 4.31. The molecular weight excluding hydrogens is 262 g/mol. The van der Waals surface area contributed by atoms with Crippen LogP contribution in [0.5, 0.6) is 0 Å². The summed E-state index contributed by atoms with van der Waals surface area (Å²) in [6, 6.07) is 5.56. The van der Waals surface area contributed by atoms with Crippen LogP contribution in [0.25, 0.3) is 11.0 Å². The molecule has 3 nitrogen and oxygen atoms in total. The van der Waals surface area contributed by atoms with Crippen LogP contribution in [0.15, 0.2) is 22.6 Å². The molecule has 0 unspecified atom stereocenters. The largest absolute Gasteiger partial charge is 0.451 e. The van der Waals surface area contributed by atoms with Crippen molar-refractivity contribution in [2.75, 3.05) is 0 Å². The lowest BCUT2D eigenvalue weighted by Gasteiger charge is -2.13. The molecule has 1 amide bonds. The fraction of sp³-hybridized carbons (Fsp3) is 0.400. The molecule has 0 atom stereocenters. The van der Waals surface area contributed by atoms with E-state index < -0.39 is 0 Å². The van der Waals surface area contributed by atoms with Gasteiger partial charge in [0, 0.05) is 22.0 Å². The Balaban J connectivity index is 2.35. The number of amides is 1. The summed E-state index contributed by atoms with van der Waals surface area (Å²) in [6.45, 7) is 5.99. The van der Waals surface area contributed by atoms with E-state index >= 15 is 0 Å². The molecule has 0 bridgehead atoms. The highest BCUT2D eigenvalue weighted by Crippen LogP contribution is 2.27. The van der Waals surface area contributed by atoms with Crippen molar-refractivity contribution in [3.8, 4) is 0 Å². The van der Waals surface area contributed by atoms with Crippen LogP contribution in [0.2, 0.25) is 5.02 Å². The minimum Gasteiger partial charge on any atom is -0.451 e. The summed E-state index contributed by atoms with van der Waals surface area (Å²) in [5.74, 6) is 0.225. The van der Waals surface area contributed by atoms with E-state index in [0.29, 0.717) is 16.4 Å². The van der Waals surface area contributed by atoms with E-state index in [1.54, 1.807) is 12.1 Å². The van der Waals surface area contributed by atoms with Crippen LogP contribution in [0.3, 0.4) is 0 Å². The number of hydrogen-bond acceptors (Lipinski definition) is 2. The number of carbonyl (C=O) groups excluding carboxylic acids is 1. The number of aryl methyl sites for hydroxylation is 1. The third kappa shape index (κ3) is 2.76. The standard InChI is InChI=1S/C15H18ClNO2/c1-4-11(5-2)17-15(18)14-9(3)12-8-10(16)6-7-13(12)19-14/h6-8,11H,4-5H2,1-3H3,(H,17,18). The summed E-state index contributed by atoms with van der Waals surface area (Å²) in [4.78, 5) is 12.2. The van der Waals surface area contributed by atoms with Crippen LogP contribution in [-0.2, 0) is 0 Å². The van der Waals surface area contributed by atoms with Crippen molar-refractivity contribution in [2.24, 2.45) is 0 Å². The SMILES string of the molecule is CCC(CC)NC(=O)c1oc2ccc(Cl)cc2c1C. The fourth-order valence-electron chi connectivity index (χ4n) is 2.15. The summed E-state index contributed by atoms with van der Waals surface area (Å²) in [6.07, 6.45) is 1.82. The zero-order valence-electron chi connectivity index (χ0n) is 11.4. The van der Waals surface area contributed by atoms with Crippen LogP contribution >= 0.6 is 11.6 Å². The van der Waals surface area contributed by atoms with E-state index in [1.165, 1.54) is 0 Å². The molecule has 1 heterocycles. The second-order valence-corrected chi connectivity index (χ2v) is 5.12. The Morgan fingerprint density at radius 3 is 2.68 bits per heavy atom. The van der Waals surface area contributed by atoms with E-state index in [2.05, 4.69) is 19.2 Å². The van der Waals surface area contributed by atoms with Crippen molar-refractivity contribution < 1.29 is 9.21 Å². The molecule has 0 aliphatic carbocycles. The van der Waals surface area contributed by atoms with E-state index in [9.17, 15) is 4.79 Å². The first kappa shape index (κ1) is 13.9. The first-order valence-corrected chi connectivity index (χ1v) is 6.94. The molecule has 4 heteroatoms. The van der Waals surface area contributed by atoms with Crippen molar-refractivity contribution >= 4 is 28.5 Å². The predicted molar refractivity (Wildman–Crippen MR) is 77.8 cm³/mol. The van der Waals surface area contributed by atoms with Gasteiger partial charge >= 0.3 is 0 Å². The number of carbonyl (C=O) groups is 1. The lowest BCUT2D eigenvalue weighted by atomic mass is 10.1. The highest BCUT2D eigenvalue weighted by molar-refractivity contribution is 6.31. The van der Waals surface area contributed by atoms with Gasteiger partial charge < -0.3 is 9.73 Å². The Kier molecular flexibility index (Phi) is 4.15. The number of halogens is 1. The topological polar surface area (TPSA) is 42.2 Å². The number of fused-ring (bicyclic) bond motifs is 1. The highest BCUT2D eigenvalue weighted by Gasteiger charge is 2.19. The van der Waals surface area contributed by atoms with Crippen LogP contribution in [-0.4, -0.2) is 11.9 Å². The van der Waals surface area contributed by atoms with E-state index in [0.717, 1.165) is 23.8 Å². The maximum absolute atomic E-state index is 12.2. The Bertz CT molecular complexity index is 599. The first-order chi connectivity index (χ1) is 9.06. The van der Waals surface area contributed by atoms with Gasteiger partial charge in [0.25, 0.3) is 5.91 Å². The zero-order chi connectivity index (χ0) is 14.0. The number of nitrogens with one attached hydrogen (secondary N) is 1. The van der Waals surface area contributed by atoms with Gasteiger partial charge in [-0.2, -0.15) is 0 Å². The van der Waals surface area contributed by atoms with Gasteiger partial charge in [-0.25, -0.2) is 0 Å². The smallest absolute Gasteiger partial charge is 0.287 e. The minimum absolute atomic E-state index is 0.154. The first-order valence-electron chi connectivity index (χ1n) is 6.56. The maximum Gasteiger partial charge on any atom is 0.287 e. The summed E-state index contributed by atoms with van der Waals surface area (Å²) in [7, 11) is 0. The van der Waals surface area contributed by atoms with Crippen molar-refractivity contribution in [3.05, 3.63) is 34.5 Å². The number of hydrogen-bond donors (Lipinski definition) is 1. The summed E-state index contributed by atoms with van der Waals surface area (Å²) < 4.78 is 5.63. The molecule has 2 aromatic rings. The summed E-state index contributed by atoms with van der Waals surface area (Å²) in [5.41, 5.74) is 1.53. The third-order valence-corrected chi connectivity index (χ3v) is 3.66.